The first kappa shape index (κ1) is 19.3. The van der Waals surface area contributed by atoms with E-state index >= 15 is 0 Å². The summed E-state index contributed by atoms with van der Waals surface area (Å²) in [5.41, 5.74) is 5.34. The van der Waals surface area contributed by atoms with Crippen LogP contribution in [0, 0.1) is 25.2 Å². The number of aryl methyl sites for hydroxylation is 3. The molecule has 2 aromatic carbocycles. The Balaban J connectivity index is 2.09. The van der Waals surface area contributed by atoms with Crippen LogP contribution in [-0.2, 0) is 11.2 Å². The number of anilines is 1. The third-order valence-electron chi connectivity index (χ3n) is 4.44. The Hall–Kier alpha value is -3.06. The number of para-hydroxylation sites is 1. The van der Waals surface area contributed by atoms with E-state index in [0.29, 0.717) is 0 Å². The number of amides is 1. The fourth-order valence-corrected chi connectivity index (χ4v) is 2.73. The maximum Gasteiger partial charge on any atom is 0.263 e. The van der Waals surface area contributed by atoms with E-state index in [0.717, 1.165) is 28.8 Å². The van der Waals surface area contributed by atoms with Gasteiger partial charge in [0.15, 0.2) is 0 Å². The van der Waals surface area contributed by atoms with Gasteiger partial charge in [0.2, 0.25) is 0 Å². The van der Waals surface area contributed by atoms with Gasteiger partial charge < -0.3 is 10.6 Å². The van der Waals surface area contributed by atoms with Crippen LogP contribution >= 0.6 is 0 Å². The molecule has 0 heterocycles. The van der Waals surface area contributed by atoms with Crippen LogP contribution in [-0.4, -0.2) is 5.91 Å². The van der Waals surface area contributed by atoms with E-state index in [9.17, 15) is 10.1 Å². The van der Waals surface area contributed by atoms with Crippen molar-refractivity contribution in [1.82, 2.24) is 5.32 Å². The average molecular weight is 347 g/mol. The van der Waals surface area contributed by atoms with Crippen molar-refractivity contribution in [3.63, 3.8) is 0 Å². The van der Waals surface area contributed by atoms with E-state index in [1.165, 1.54) is 11.8 Å². The minimum Gasteiger partial charge on any atom is -0.360 e. The highest BCUT2D eigenvalue weighted by Gasteiger charge is 2.14. The van der Waals surface area contributed by atoms with Crippen molar-refractivity contribution in [1.29, 1.82) is 5.26 Å². The lowest BCUT2D eigenvalue weighted by atomic mass is 10.0. The molecule has 26 heavy (non-hydrogen) atoms. The second-order valence-electron chi connectivity index (χ2n) is 6.37. The number of carbonyl (C=O) groups is 1. The van der Waals surface area contributed by atoms with Crippen LogP contribution in [0.5, 0.6) is 0 Å². The minimum atomic E-state index is -0.390. The molecule has 0 aliphatic carbocycles. The lowest BCUT2D eigenvalue weighted by molar-refractivity contribution is -0.117. The zero-order valence-electron chi connectivity index (χ0n) is 15.8. The summed E-state index contributed by atoms with van der Waals surface area (Å²) in [4.78, 5) is 12.4. The molecule has 0 aliphatic heterocycles. The smallest absolute Gasteiger partial charge is 0.263 e. The zero-order chi connectivity index (χ0) is 19.1. The topological polar surface area (TPSA) is 64.9 Å². The maximum atomic E-state index is 12.4. The van der Waals surface area contributed by atoms with Gasteiger partial charge in [0.25, 0.3) is 5.91 Å². The van der Waals surface area contributed by atoms with Crippen LogP contribution in [0.25, 0.3) is 0 Å². The summed E-state index contributed by atoms with van der Waals surface area (Å²) in [5, 5.41) is 15.3. The molecular weight excluding hydrogens is 322 g/mol. The summed E-state index contributed by atoms with van der Waals surface area (Å²) < 4.78 is 0. The Bertz CT molecular complexity index is 824. The van der Waals surface area contributed by atoms with E-state index in [4.69, 9.17) is 0 Å². The highest BCUT2D eigenvalue weighted by atomic mass is 16.1. The number of nitrogens with one attached hydrogen (secondary N) is 2. The molecule has 134 valence electrons. The SMILES string of the molecule is CCc1ccc(C(C)NC(=O)/C(C#N)=C\Nc2c(C)cccc2C)cc1. The maximum absolute atomic E-state index is 12.4. The summed E-state index contributed by atoms with van der Waals surface area (Å²) in [6, 6.07) is 15.9. The molecule has 4 nitrogen and oxygen atoms in total. The van der Waals surface area contributed by atoms with E-state index in [2.05, 4.69) is 29.7 Å². The molecule has 1 unspecified atom stereocenters. The second-order valence-corrected chi connectivity index (χ2v) is 6.37. The Kier molecular flexibility index (Phi) is 6.57. The van der Waals surface area contributed by atoms with Crippen molar-refractivity contribution in [2.45, 2.75) is 40.2 Å². The van der Waals surface area contributed by atoms with Crippen molar-refractivity contribution in [2.75, 3.05) is 5.32 Å². The first-order valence-corrected chi connectivity index (χ1v) is 8.79. The average Bonchev–Trinajstić information content (AvgIpc) is 2.64. The number of rotatable bonds is 6. The molecule has 0 spiro atoms. The summed E-state index contributed by atoms with van der Waals surface area (Å²) in [6.07, 6.45) is 2.45. The molecule has 2 rings (SSSR count). The molecule has 0 aromatic heterocycles. The van der Waals surface area contributed by atoms with Crippen LogP contribution < -0.4 is 10.6 Å². The van der Waals surface area contributed by atoms with Gasteiger partial charge in [-0.25, -0.2) is 0 Å². The largest absolute Gasteiger partial charge is 0.360 e. The van der Waals surface area contributed by atoms with Crippen LogP contribution in [0.15, 0.2) is 54.2 Å². The fourth-order valence-electron chi connectivity index (χ4n) is 2.73. The molecule has 0 saturated heterocycles. The molecule has 1 atom stereocenters. The molecule has 4 heteroatoms. The quantitative estimate of drug-likeness (QED) is 0.594. The Labute approximate surface area is 155 Å². The third-order valence-corrected chi connectivity index (χ3v) is 4.44. The molecule has 0 bridgehead atoms. The molecular formula is C22H25N3O. The molecule has 2 aromatic rings. The number of nitrogens with zero attached hydrogens (tertiary/aromatic N) is 1. The summed E-state index contributed by atoms with van der Waals surface area (Å²) in [6.45, 7) is 7.98. The van der Waals surface area contributed by atoms with Crippen molar-refractivity contribution >= 4 is 11.6 Å². The Morgan fingerprint density at radius 3 is 2.31 bits per heavy atom. The van der Waals surface area contributed by atoms with Gasteiger partial charge in [-0.1, -0.05) is 49.4 Å². The van der Waals surface area contributed by atoms with Gasteiger partial charge in [0.1, 0.15) is 11.6 Å². The predicted molar refractivity (Wildman–Crippen MR) is 106 cm³/mol. The van der Waals surface area contributed by atoms with Gasteiger partial charge >= 0.3 is 0 Å². The molecule has 0 aliphatic rings. The van der Waals surface area contributed by atoms with E-state index in [1.54, 1.807) is 0 Å². The Morgan fingerprint density at radius 1 is 1.15 bits per heavy atom. The summed E-state index contributed by atoms with van der Waals surface area (Å²) >= 11 is 0. The van der Waals surface area contributed by atoms with E-state index < -0.39 is 5.91 Å². The van der Waals surface area contributed by atoms with E-state index in [-0.39, 0.29) is 11.6 Å². The van der Waals surface area contributed by atoms with Crippen molar-refractivity contribution in [3.05, 3.63) is 76.5 Å². The lowest BCUT2D eigenvalue weighted by Gasteiger charge is -2.15. The molecule has 0 radical (unpaired) electrons. The van der Waals surface area contributed by atoms with Crippen molar-refractivity contribution < 1.29 is 4.79 Å². The Morgan fingerprint density at radius 2 is 1.77 bits per heavy atom. The lowest BCUT2D eigenvalue weighted by Crippen LogP contribution is -2.28. The monoisotopic (exact) mass is 347 g/mol. The van der Waals surface area contributed by atoms with Gasteiger partial charge in [-0.15, -0.1) is 0 Å². The van der Waals surface area contributed by atoms with Gasteiger partial charge in [-0.05, 0) is 49.4 Å². The molecule has 0 fully saturated rings. The van der Waals surface area contributed by atoms with Gasteiger partial charge in [0, 0.05) is 11.9 Å². The van der Waals surface area contributed by atoms with Crippen molar-refractivity contribution in [3.8, 4) is 6.07 Å². The number of benzene rings is 2. The minimum absolute atomic E-state index is 0.0460. The van der Waals surface area contributed by atoms with E-state index in [1.807, 2.05) is 57.2 Å². The van der Waals surface area contributed by atoms with Gasteiger partial charge in [0.05, 0.1) is 6.04 Å². The second kappa shape index (κ2) is 8.87. The van der Waals surface area contributed by atoms with Crippen LogP contribution in [0.1, 0.15) is 42.1 Å². The van der Waals surface area contributed by atoms with Crippen molar-refractivity contribution in [2.24, 2.45) is 0 Å². The fraction of sp³-hybridized carbons (Fsp3) is 0.273. The summed E-state index contributed by atoms with van der Waals surface area (Å²) in [7, 11) is 0. The van der Waals surface area contributed by atoms with Crippen LogP contribution in [0.4, 0.5) is 5.69 Å². The number of nitriles is 1. The molecule has 1 amide bonds. The van der Waals surface area contributed by atoms with Gasteiger partial charge in [-0.2, -0.15) is 5.26 Å². The predicted octanol–water partition coefficient (Wildman–Crippen LogP) is 4.56. The first-order valence-electron chi connectivity index (χ1n) is 8.79. The third kappa shape index (κ3) is 4.73. The zero-order valence-corrected chi connectivity index (χ0v) is 15.8. The highest BCUT2D eigenvalue weighted by molar-refractivity contribution is 5.97. The van der Waals surface area contributed by atoms with Crippen LogP contribution in [0.3, 0.4) is 0 Å². The number of hydrogen-bond acceptors (Lipinski definition) is 3. The molecule has 0 saturated carbocycles. The number of hydrogen-bond donors (Lipinski definition) is 2. The standard InChI is InChI=1S/C22H25N3O/c1-5-18-9-11-19(12-10-18)17(4)25-22(26)20(13-23)14-24-21-15(2)7-6-8-16(21)3/h6-12,14,17,24H,5H2,1-4H3,(H,25,26)/b20-14-. The number of carbonyl (C=O) groups excluding carboxylic acids is 1. The molecule has 2 N–H and O–H groups in total. The van der Waals surface area contributed by atoms with Crippen LogP contribution in [0.2, 0.25) is 0 Å². The normalized spacial score (nSPS) is 12.2. The first-order chi connectivity index (χ1) is 12.5. The highest BCUT2D eigenvalue weighted by Crippen LogP contribution is 2.20. The van der Waals surface area contributed by atoms with Gasteiger partial charge in [-0.3, -0.25) is 4.79 Å². The summed E-state index contributed by atoms with van der Waals surface area (Å²) in [5.74, 6) is -0.390.